The first-order valence-electron chi connectivity index (χ1n) is 7.70. The Morgan fingerprint density at radius 1 is 1.12 bits per heavy atom. The maximum Gasteiger partial charge on any atom is 0.255 e. The number of aromatic nitrogens is 2. The molecule has 0 aliphatic rings. The van der Waals surface area contributed by atoms with E-state index in [0.29, 0.717) is 18.7 Å². The normalized spacial score (nSPS) is 10.5. The second kappa shape index (κ2) is 7.57. The van der Waals surface area contributed by atoms with Crippen molar-refractivity contribution in [2.75, 3.05) is 12.4 Å². The molecule has 3 aromatic rings. The van der Waals surface area contributed by atoms with Gasteiger partial charge in [-0.15, -0.1) is 0 Å². The van der Waals surface area contributed by atoms with Crippen LogP contribution in [0.5, 0.6) is 0 Å². The molecule has 0 saturated heterocycles. The van der Waals surface area contributed by atoms with Gasteiger partial charge in [0.2, 0.25) is 0 Å². The first-order chi connectivity index (χ1) is 11.7. The molecule has 0 fully saturated rings. The first kappa shape index (κ1) is 16.0. The van der Waals surface area contributed by atoms with Crippen molar-refractivity contribution in [2.45, 2.75) is 13.2 Å². The maximum absolute atomic E-state index is 12.4. The highest BCUT2D eigenvalue weighted by Gasteiger charge is 2.07. The largest absolute Gasteiger partial charge is 0.380 e. The molecule has 5 nitrogen and oxygen atoms in total. The fourth-order valence-electron chi connectivity index (χ4n) is 2.45. The number of methoxy groups -OCH3 is 1. The molecule has 0 atom stereocenters. The molecule has 3 rings (SSSR count). The van der Waals surface area contributed by atoms with Crippen molar-refractivity contribution in [3.05, 3.63) is 83.7 Å². The van der Waals surface area contributed by atoms with Crippen LogP contribution in [-0.4, -0.2) is 22.8 Å². The Hall–Kier alpha value is -2.92. The number of ether oxygens (including phenoxy) is 1. The van der Waals surface area contributed by atoms with E-state index in [4.69, 9.17) is 4.74 Å². The Kier molecular flexibility index (Phi) is 5.03. The van der Waals surface area contributed by atoms with Gasteiger partial charge in [-0.3, -0.25) is 9.48 Å². The van der Waals surface area contributed by atoms with Crippen molar-refractivity contribution in [3.8, 4) is 0 Å². The van der Waals surface area contributed by atoms with Crippen LogP contribution in [0.2, 0.25) is 0 Å². The number of nitrogens with zero attached hydrogens (tertiary/aromatic N) is 2. The second-order valence-corrected chi connectivity index (χ2v) is 5.49. The molecule has 1 amide bonds. The number of benzene rings is 2. The molecule has 0 saturated carbocycles. The smallest absolute Gasteiger partial charge is 0.255 e. The number of anilines is 1. The molecular weight excluding hydrogens is 302 g/mol. The fourth-order valence-corrected chi connectivity index (χ4v) is 2.45. The predicted molar refractivity (Wildman–Crippen MR) is 92.9 cm³/mol. The van der Waals surface area contributed by atoms with Crippen molar-refractivity contribution in [1.29, 1.82) is 0 Å². The maximum atomic E-state index is 12.4. The zero-order valence-electron chi connectivity index (χ0n) is 13.5. The summed E-state index contributed by atoms with van der Waals surface area (Å²) in [6.07, 6.45) is 3.66. The van der Waals surface area contributed by atoms with Crippen molar-refractivity contribution in [1.82, 2.24) is 9.78 Å². The van der Waals surface area contributed by atoms with Crippen LogP contribution in [0.4, 0.5) is 5.69 Å². The molecule has 1 aromatic heterocycles. The number of rotatable bonds is 6. The number of nitrogens with one attached hydrogen (secondary N) is 1. The summed E-state index contributed by atoms with van der Waals surface area (Å²) in [5.74, 6) is -0.129. The third kappa shape index (κ3) is 4.08. The Morgan fingerprint density at radius 2 is 1.96 bits per heavy atom. The second-order valence-electron chi connectivity index (χ2n) is 5.49. The summed E-state index contributed by atoms with van der Waals surface area (Å²) < 4.78 is 6.92. The summed E-state index contributed by atoms with van der Waals surface area (Å²) in [7, 11) is 1.65. The quantitative estimate of drug-likeness (QED) is 0.757. The number of hydrogen-bond acceptors (Lipinski definition) is 3. The molecule has 0 spiro atoms. The van der Waals surface area contributed by atoms with Crippen LogP contribution < -0.4 is 5.32 Å². The van der Waals surface area contributed by atoms with Crippen molar-refractivity contribution in [2.24, 2.45) is 0 Å². The summed E-state index contributed by atoms with van der Waals surface area (Å²) in [5.41, 5.74) is 3.50. The van der Waals surface area contributed by atoms with Crippen LogP contribution >= 0.6 is 0 Å². The lowest BCUT2D eigenvalue weighted by Gasteiger charge is -2.08. The molecule has 0 aliphatic heterocycles. The molecule has 0 aliphatic carbocycles. The molecule has 0 bridgehead atoms. The average molecular weight is 321 g/mol. The van der Waals surface area contributed by atoms with E-state index < -0.39 is 0 Å². The molecule has 0 radical (unpaired) electrons. The van der Waals surface area contributed by atoms with Crippen LogP contribution in [0.15, 0.2) is 67.0 Å². The van der Waals surface area contributed by atoms with Crippen LogP contribution in [0.1, 0.15) is 21.5 Å². The molecule has 1 heterocycles. The lowest BCUT2D eigenvalue weighted by atomic mass is 10.1. The van der Waals surface area contributed by atoms with Gasteiger partial charge in [-0.05, 0) is 41.5 Å². The number of carbonyl (C=O) groups excluding carboxylic acids is 1. The third-order valence-electron chi connectivity index (χ3n) is 3.62. The molecule has 2 aromatic carbocycles. The Labute approximate surface area is 140 Å². The van der Waals surface area contributed by atoms with Gasteiger partial charge in [0.1, 0.15) is 0 Å². The fraction of sp³-hybridized carbons (Fsp3) is 0.158. The van der Waals surface area contributed by atoms with Crippen LogP contribution in [0.25, 0.3) is 0 Å². The highest BCUT2D eigenvalue weighted by atomic mass is 16.5. The summed E-state index contributed by atoms with van der Waals surface area (Å²) in [4.78, 5) is 12.4. The van der Waals surface area contributed by atoms with E-state index in [-0.39, 0.29) is 5.91 Å². The van der Waals surface area contributed by atoms with Gasteiger partial charge < -0.3 is 10.1 Å². The minimum atomic E-state index is -0.129. The van der Waals surface area contributed by atoms with E-state index in [1.54, 1.807) is 25.4 Å². The van der Waals surface area contributed by atoms with E-state index in [0.717, 1.165) is 16.8 Å². The minimum absolute atomic E-state index is 0.129. The zero-order valence-corrected chi connectivity index (χ0v) is 13.5. The van der Waals surface area contributed by atoms with Gasteiger partial charge in [0, 0.05) is 30.8 Å². The summed E-state index contributed by atoms with van der Waals surface area (Å²) in [6, 6.07) is 17.1. The summed E-state index contributed by atoms with van der Waals surface area (Å²) in [5, 5.41) is 7.12. The molecule has 1 N–H and O–H groups in total. The van der Waals surface area contributed by atoms with E-state index in [1.165, 1.54) is 0 Å². The summed E-state index contributed by atoms with van der Waals surface area (Å²) >= 11 is 0. The monoisotopic (exact) mass is 321 g/mol. The van der Waals surface area contributed by atoms with Gasteiger partial charge in [0.05, 0.1) is 13.2 Å². The van der Waals surface area contributed by atoms with Gasteiger partial charge in [-0.25, -0.2) is 0 Å². The van der Waals surface area contributed by atoms with Crippen LogP contribution in [-0.2, 0) is 17.9 Å². The van der Waals surface area contributed by atoms with Gasteiger partial charge in [0.15, 0.2) is 0 Å². The third-order valence-corrected chi connectivity index (χ3v) is 3.62. The van der Waals surface area contributed by atoms with Gasteiger partial charge >= 0.3 is 0 Å². The van der Waals surface area contributed by atoms with E-state index >= 15 is 0 Å². The predicted octanol–water partition coefficient (Wildman–Crippen LogP) is 3.33. The van der Waals surface area contributed by atoms with Crippen molar-refractivity contribution >= 4 is 11.6 Å². The summed E-state index contributed by atoms with van der Waals surface area (Å²) in [6.45, 7) is 1.21. The van der Waals surface area contributed by atoms with Gasteiger partial charge in [-0.1, -0.05) is 24.3 Å². The highest BCUT2D eigenvalue weighted by Crippen LogP contribution is 2.14. The molecule has 122 valence electrons. The Morgan fingerprint density at radius 3 is 2.67 bits per heavy atom. The van der Waals surface area contributed by atoms with Gasteiger partial charge in [0.25, 0.3) is 5.91 Å². The van der Waals surface area contributed by atoms with E-state index in [1.807, 2.05) is 53.3 Å². The standard InChI is InChI=1S/C19H19N3O2/c1-24-14-15-6-8-17(9-7-15)19(23)21-18-5-2-4-16(12-18)13-22-11-3-10-20-22/h2-12H,13-14H2,1H3,(H,21,23). The average Bonchev–Trinajstić information content (AvgIpc) is 3.09. The number of hydrogen-bond donors (Lipinski definition) is 1. The van der Waals surface area contributed by atoms with E-state index in [9.17, 15) is 4.79 Å². The number of amides is 1. The lowest BCUT2D eigenvalue weighted by Crippen LogP contribution is -2.12. The molecular formula is C19H19N3O2. The number of carbonyl (C=O) groups is 1. The minimum Gasteiger partial charge on any atom is -0.380 e. The zero-order chi connectivity index (χ0) is 16.8. The first-order valence-corrected chi connectivity index (χ1v) is 7.70. The SMILES string of the molecule is COCc1ccc(C(=O)Nc2cccc(Cn3cccn3)c2)cc1. The molecule has 0 unspecified atom stereocenters. The van der Waals surface area contributed by atoms with E-state index in [2.05, 4.69) is 10.4 Å². The van der Waals surface area contributed by atoms with Crippen LogP contribution in [0, 0.1) is 0 Å². The molecule has 5 heteroatoms. The topological polar surface area (TPSA) is 56.1 Å². The van der Waals surface area contributed by atoms with Crippen LogP contribution in [0.3, 0.4) is 0 Å². The molecule has 24 heavy (non-hydrogen) atoms. The highest BCUT2D eigenvalue weighted by molar-refractivity contribution is 6.04. The Balaban J connectivity index is 1.67. The lowest BCUT2D eigenvalue weighted by molar-refractivity contribution is 0.102. The van der Waals surface area contributed by atoms with Crippen molar-refractivity contribution < 1.29 is 9.53 Å². The van der Waals surface area contributed by atoms with Crippen molar-refractivity contribution in [3.63, 3.8) is 0 Å². The van der Waals surface area contributed by atoms with Gasteiger partial charge in [-0.2, -0.15) is 5.10 Å². The Bertz CT molecular complexity index is 796.